The summed E-state index contributed by atoms with van der Waals surface area (Å²) in [5, 5.41) is 19.9. The minimum absolute atomic E-state index is 0.0641. The van der Waals surface area contributed by atoms with Crippen LogP contribution in [0.3, 0.4) is 0 Å². The number of carboxylic acids is 1. The SMILES string of the molecule is CN(CC(=O)O)CC1CN(c2ccccc2[N+](=O)[O-])CCO1. The summed E-state index contributed by atoms with van der Waals surface area (Å²) < 4.78 is 5.64. The Hall–Kier alpha value is -2.19. The molecule has 1 aliphatic heterocycles. The van der Waals surface area contributed by atoms with Crippen LogP contribution in [0.2, 0.25) is 0 Å². The van der Waals surface area contributed by atoms with E-state index in [2.05, 4.69) is 0 Å². The summed E-state index contributed by atoms with van der Waals surface area (Å²) in [4.78, 5) is 25.0. The van der Waals surface area contributed by atoms with Gasteiger partial charge in [0.1, 0.15) is 5.69 Å². The topological polar surface area (TPSA) is 96.2 Å². The first kappa shape index (κ1) is 16.2. The van der Waals surface area contributed by atoms with Gasteiger partial charge in [-0.05, 0) is 13.1 Å². The van der Waals surface area contributed by atoms with Gasteiger partial charge < -0.3 is 14.7 Å². The molecule has 1 heterocycles. The second-order valence-electron chi connectivity index (χ2n) is 5.28. The average Bonchev–Trinajstić information content (AvgIpc) is 2.46. The molecule has 1 fully saturated rings. The highest BCUT2D eigenvalue weighted by Gasteiger charge is 2.26. The van der Waals surface area contributed by atoms with Crippen molar-refractivity contribution in [3.8, 4) is 0 Å². The molecule has 0 aromatic heterocycles. The highest BCUT2D eigenvalue weighted by Crippen LogP contribution is 2.28. The number of hydrogen-bond acceptors (Lipinski definition) is 6. The van der Waals surface area contributed by atoms with Crippen LogP contribution < -0.4 is 4.90 Å². The van der Waals surface area contributed by atoms with Crippen molar-refractivity contribution in [3.63, 3.8) is 0 Å². The van der Waals surface area contributed by atoms with Crippen molar-refractivity contribution in [3.05, 3.63) is 34.4 Å². The van der Waals surface area contributed by atoms with Crippen molar-refractivity contribution in [1.82, 2.24) is 4.90 Å². The van der Waals surface area contributed by atoms with Crippen LogP contribution in [-0.4, -0.2) is 66.8 Å². The van der Waals surface area contributed by atoms with Crippen LogP contribution in [0.5, 0.6) is 0 Å². The molecule has 1 atom stereocenters. The number of aliphatic carboxylic acids is 1. The molecule has 0 spiro atoms. The smallest absolute Gasteiger partial charge is 0.317 e. The first-order valence-electron chi connectivity index (χ1n) is 6.97. The first-order chi connectivity index (χ1) is 10.5. The summed E-state index contributed by atoms with van der Waals surface area (Å²) >= 11 is 0. The van der Waals surface area contributed by atoms with Gasteiger partial charge >= 0.3 is 5.97 Å². The fourth-order valence-corrected chi connectivity index (χ4v) is 2.58. The van der Waals surface area contributed by atoms with Gasteiger partial charge in [0.15, 0.2) is 0 Å². The lowest BCUT2D eigenvalue weighted by atomic mass is 10.2. The van der Waals surface area contributed by atoms with E-state index in [0.717, 1.165) is 0 Å². The van der Waals surface area contributed by atoms with Crippen LogP contribution in [0.4, 0.5) is 11.4 Å². The first-order valence-corrected chi connectivity index (χ1v) is 6.97. The standard InChI is InChI=1S/C14H19N3O5/c1-15(10-14(18)19)8-11-9-16(6-7-22-11)12-4-2-3-5-13(12)17(20)21/h2-5,11H,6-10H2,1H3,(H,18,19). The number of carbonyl (C=O) groups is 1. The Labute approximate surface area is 128 Å². The Morgan fingerprint density at radius 3 is 2.95 bits per heavy atom. The lowest BCUT2D eigenvalue weighted by Gasteiger charge is -2.35. The van der Waals surface area contributed by atoms with E-state index >= 15 is 0 Å². The number of para-hydroxylation sites is 2. The van der Waals surface area contributed by atoms with Gasteiger partial charge in [0.2, 0.25) is 0 Å². The lowest BCUT2D eigenvalue weighted by molar-refractivity contribution is -0.384. The predicted molar refractivity (Wildman–Crippen MR) is 80.2 cm³/mol. The molecule has 1 aliphatic rings. The van der Waals surface area contributed by atoms with E-state index in [4.69, 9.17) is 9.84 Å². The monoisotopic (exact) mass is 309 g/mol. The lowest BCUT2D eigenvalue weighted by Crippen LogP contribution is -2.47. The fraction of sp³-hybridized carbons (Fsp3) is 0.500. The van der Waals surface area contributed by atoms with Gasteiger partial charge in [-0.15, -0.1) is 0 Å². The van der Waals surface area contributed by atoms with E-state index in [0.29, 0.717) is 31.9 Å². The van der Waals surface area contributed by atoms with E-state index in [1.807, 2.05) is 4.90 Å². The number of ether oxygens (including phenoxy) is 1. The van der Waals surface area contributed by atoms with Crippen molar-refractivity contribution in [1.29, 1.82) is 0 Å². The van der Waals surface area contributed by atoms with Crippen LogP contribution in [0.25, 0.3) is 0 Å². The van der Waals surface area contributed by atoms with E-state index in [9.17, 15) is 14.9 Å². The van der Waals surface area contributed by atoms with Crippen LogP contribution in [0.1, 0.15) is 0 Å². The Morgan fingerprint density at radius 2 is 2.27 bits per heavy atom. The molecule has 2 rings (SSSR count). The number of carboxylic acid groups (broad SMARTS) is 1. The summed E-state index contributed by atoms with van der Waals surface area (Å²) in [6, 6.07) is 6.61. The summed E-state index contributed by atoms with van der Waals surface area (Å²) in [5.74, 6) is -0.895. The number of benzene rings is 1. The molecule has 1 aromatic carbocycles. The molecule has 1 saturated heterocycles. The highest BCUT2D eigenvalue weighted by molar-refractivity contribution is 5.69. The van der Waals surface area contributed by atoms with Crippen molar-refractivity contribution >= 4 is 17.3 Å². The quantitative estimate of drug-likeness (QED) is 0.613. The molecule has 1 unspecified atom stereocenters. The number of nitrogens with zero attached hydrogens (tertiary/aromatic N) is 3. The van der Waals surface area contributed by atoms with Crippen molar-refractivity contribution in [2.45, 2.75) is 6.10 Å². The van der Waals surface area contributed by atoms with Crippen LogP contribution in [0.15, 0.2) is 24.3 Å². The largest absolute Gasteiger partial charge is 0.480 e. The van der Waals surface area contributed by atoms with E-state index < -0.39 is 10.9 Å². The Kier molecular flexibility index (Phi) is 5.29. The van der Waals surface area contributed by atoms with Gasteiger partial charge in [0.25, 0.3) is 5.69 Å². The third-order valence-corrected chi connectivity index (χ3v) is 3.48. The molecule has 0 saturated carbocycles. The summed E-state index contributed by atoms with van der Waals surface area (Å²) in [6.45, 7) is 1.92. The second-order valence-corrected chi connectivity index (χ2v) is 5.28. The van der Waals surface area contributed by atoms with E-state index in [1.54, 1.807) is 30.1 Å². The second kappa shape index (κ2) is 7.19. The van der Waals surface area contributed by atoms with E-state index in [1.165, 1.54) is 6.07 Å². The summed E-state index contributed by atoms with van der Waals surface area (Å²) in [7, 11) is 1.71. The molecule has 1 N–H and O–H groups in total. The maximum atomic E-state index is 11.1. The molecule has 0 aliphatic carbocycles. The number of nitro benzene ring substituents is 1. The maximum Gasteiger partial charge on any atom is 0.317 e. The number of anilines is 1. The predicted octanol–water partition coefficient (Wildman–Crippen LogP) is 0.816. The Balaban J connectivity index is 2.05. The summed E-state index contributed by atoms with van der Waals surface area (Å²) in [5.41, 5.74) is 0.642. The number of morpholine rings is 1. The Bertz CT molecular complexity index is 551. The van der Waals surface area contributed by atoms with Gasteiger partial charge in [-0.1, -0.05) is 12.1 Å². The summed E-state index contributed by atoms with van der Waals surface area (Å²) in [6.07, 6.45) is -0.182. The van der Waals surface area contributed by atoms with Crippen LogP contribution >= 0.6 is 0 Å². The van der Waals surface area contributed by atoms with Gasteiger partial charge in [-0.2, -0.15) is 0 Å². The number of hydrogen-bond donors (Lipinski definition) is 1. The van der Waals surface area contributed by atoms with E-state index in [-0.39, 0.29) is 18.3 Å². The molecule has 1 aromatic rings. The van der Waals surface area contributed by atoms with Crippen molar-refractivity contribution < 1.29 is 19.6 Å². The molecule has 120 valence electrons. The molecule has 0 radical (unpaired) electrons. The number of nitro groups is 1. The average molecular weight is 309 g/mol. The zero-order chi connectivity index (χ0) is 16.1. The molecule has 8 heteroatoms. The highest BCUT2D eigenvalue weighted by atomic mass is 16.6. The third kappa shape index (κ3) is 4.15. The maximum absolute atomic E-state index is 11.1. The molecular formula is C14H19N3O5. The fourth-order valence-electron chi connectivity index (χ4n) is 2.58. The molecule has 0 bridgehead atoms. The minimum atomic E-state index is -0.895. The minimum Gasteiger partial charge on any atom is -0.480 e. The van der Waals surface area contributed by atoms with Gasteiger partial charge in [0.05, 0.1) is 24.2 Å². The molecular weight excluding hydrogens is 290 g/mol. The van der Waals surface area contributed by atoms with Gasteiger partial charge in [0, 0.05) is 25.7 Å². The van der Waals surface area contributed by atoms with Crippen LogP contribution in [0, 0.1) is 10.1 Å². The van der Waals surface area contributed by atoms with Gasteiger partial charge in [-0.25, -0.2) is 0 Å². The molecule has 0 amide bonds. The zero-order valence-electron chi connectivity index (χ0n) is 12.3. The molecule has 22 heavy (non-hydrogen) atoms. The Morgan fingerprint density at radius 1 is 1.55 bits per heavy atom. The van der Waals surface area contributed by atoms with Crippen molar-refractivity contribution in [2.24, 2.45) is 0 Å². The van der Waals surface area contributed by atoms with Crippen LogP contribution in [-0.2, 0) is 9.53 Å². The number of rotatable bonds is 6. The normalized spacial score (nSPS) is 18.5. The van der Waals surface area contributed by atoms with Gasteiger partial charge in [-0.3, -0.25) is 19.8 Å². The molecule has 8 nitrogen and oxygen atoms in total. The third-order valence-electron chi connectivity index (χ3n) is 3.48. The number of likely N-dealkylation sites (N-methyl/N-ethyl adjacent to an activating group) is 1. The zero-order valence-corrected chi connectivity index (χ0v) is 12.3. The van der Waals surface area contributed by atoms with Crippen molar-refractivity contribution in [2.75, 3.05) is 44.7 Å².